The van der Waals surface area contributed by atoms with Crippen LogP contribution in [0.2, 0.25) is 0 Å². The first kappa shape index (κ1) is 13.5. The Labute approximate surface area is 132 Å². The zero-order valence-electron chi connectivity index (χ0n) is 12.2. The van der Waals surface area contributed by atoms with Crippen LogP contribution in [0.4, 0.5) is 0 Å². The van der Waals surface area contributed by atoms with Gasteiger partial charge in [-0.05, 0) is 18.2 Å². The quantitative estimate of drug-likeness (QED) is 0.542. The molecule has 0 amide bonds. The van der Waals surface area contributed by atoms with Crippen LogP contribution in [0.5, 0.6) is 0 Å². The Balaban J connectivity index is 1.70. The smallest absolute Gasteiger partial charge is 0.170 e. The van der Waals surface area contributed by atoms with Gasteiger partial charge >= 0.3 is 0 Å². The van der Waals surface area contributed by atoms with Gasteiger partial charge in [-0.2, -0.15) is 5.10 Å². The SMILES string of the molecule is O=C(Cc1nc2cccc(-c3ccoc3)n2n1)c1ccccc1. The predicted octanol–water partition coefficient (Wildman–Crippen LogP) is 3.41. The number of aromatic nitrogens is 3. The molecule has 0 saturated heterocycles. The number of fused-ring (bicyclic) bond motifs is 1. The Hall–Kier alpha value is -3.21. The molecular formula is C18H13N3O2. The zero-order valence-corrected chi connectivity index (χ0v) is 12.2. The minimum atomic E-state index is 0.00590. The molecule has 23 heavy (non-hydrogen) atoms. The monoisotopic (exact) mass is 303 g/mol. The van der Waals surface area contributed by atoms with Gasteiger partial charge in [0, 0.05) is 11.1 Å². The van der Waals surface area contributed by atoms with Gasteiger partial charge in [-0.3, -0.25) is 4.79 Å². The molecule has 0 bridgehead atoms. The molecule has 3 aromatic heterocycles. The first-order valence-electron chi connectivity index (χ1n) is 7.27. The lowest BCUT2D eigenvalue weighted by molar-refractivity contribution is 0.0991. The summed E-state index contributed by atoms with van der Waals surface area (Å²) in [5.41, 5.74) is 3.17. The van der Waals surface area contributed by atoms with Gasteiger partial charge in [-0.15, -0.1) is 0 Å². The Morgan fingerprint density at radius 1 is 1.04 bits per heavy atom. The summed E-state index contributed by atoms with van der Waals surface area (Å²) >= 11 is 0. The van der Waals surface area contributed by atoms with E-state index in [2.05, 4.69) is 10.1 Å². The summed E-state index contributed by atoms with van der Waals surface area (Å²) in [6.45, 7) is 0. The fraction of sp³-hybridized carbons (Fsp3) is 0.0556. The van der Waals surface area contributed by atoms with Gasteiger partial charge in [0.15, 0.2) is 17.3 Å². The largest absolute Gasteiger partial charge is 0.472 e. The van der Waals surface area contributed by atoms with Crippen LogP contribution in [-0.2, 0) is 6.42 Å². The van der Waals surface area contributed by atoms with E-state index in [-0.39, 0.29) is 12.2 Å². The van der Waals surface area contributed by atoms with Crippen molar-refractivity contribution >= 4 is 11.4 Å². The second kappa shape index (κ2) is 5.53. The highest BCUT2D eigenvalue weighted by Crippen LogP contribution is 2.20. The molecule has 0 aliphatic carbocycles. The number of carbonyl (C=O) groups is 1. The van der Waals surface area contributed by atoms with Gasteiger partial charge in [0.25, 0.3) is 0 Å². The Bertz CT molecular complexity index is 957. The maximum atomic E-state index is 12.3. The number of hydrogen-bond donors (Lipinski definition) is 0. The molecular weight excluding hydrogens is 290 g/mol. The van der Waals surface area contributed by atoms with E-state index in [1.54, 1.807) is 29.2 Å². The molecule has 3 heterocycles. The van der Waals surface area contributed by atoms with Gasteiger partial charge in [0.05, 0.1) is 24.6 Å². The van der Waals surface area contributed by atoms with E-state index in [1.165, 1.54) is 0 Å². The van der Waals surface area contributed by atoms with Crippen molar-refractivity contribution in [2.45, 2.75) is 6.42 Å². The third kappa shape index (κ3) is 2.53. The molecule has 0 aliphatic heterocycles. The molecule has 0 fully saturated rings. The van der Waals surface area contributed by atoms with Crippen molar-refractivity contribution in [3.8, 4) is 11.3 Å². The summed E-state index contributed by atoms with van der Waals surface area (Å²) in [7, 11) is 0. The summed E-state index contributed by atoms with van der Waals surface area (Å²) in [5, 5.41) is 4.48. The number of Topliss-reactive ketones (excluding diaryl/α,β-unsaturated/α-hetero) is 1. The molecule has 0 aliphatic rings. The highest BCUT2D eigenvalue weighted by molar-refractivity contribution is 5.97. The van der Waals surface area contributed by atoms with E-state index in [1.807, 2.05) is 42.5 Å². The minimum absolute atomic E-state index is 0.00590. The maximum Gasteiger partial charge on any atom is 0.170 e. The Morgan fingerprint density at radius 3 is 2.70 bits per heavy atom. The molecule has 0 saturated carbocycles. The normalized spacial score (nSPS) is 11.0. The van der Waals surface area contributed by atoms with Crippen LogP contribution in [0.3, 0.4) is 0 Å². The first-order valence-corrected chi connectivity index (χ1v) is 7.27. The molecule has 1 aromatic carbocycles. The zero-order chi connectivity index (χ0) is 15.6. The van der Waals surface area contributed by atoms with E-state index >= 15 is 0 Å². The second-order valence-electron chi connectivity index (χ2n) is 5.19. The summed E-state index contributed by atoms with van der Waals surface area (Å²) in [5.74, 6) is 0.515. The Morgan fingerprint density at radius 2 is 1.91 bits per heavy atom. The number of furan rings is 1. The van der Waals surface area contributed by atoms with Crippen molar-refractivity contribution in [2.24, 2.45) is 0 Å². The average Bonchev–Trinajstić information content (AvgIpc) is 3.24. The Kier molecular flexibility index (Phi) is 3.24. The standard InChI is InChI=1S/C18H13N3O2/c22-16(13-5-2-1-3-6-13)11-17-19-18-8-4-7-15(21(18)20-17)14-9-10-23-12-14/h1-10,12H,11H2. The highest BCUT2D eigenvalue weighted by Gasteiger charge is 2.13. The van der Waals surface area contributed by atoms with Crippen molar-refractivity contribution in [3.05, 3.63) is 78.5 Å². The second-order valence-corrected chi connectivity index (χ2v) is 5.19. The van der Waals surface area contributed by atoms with Crippen LogP contribution >= 0.6 is 0 Å². The van der Waals surface area contributed by atoms with Crippen LogP contribution in [0, 0.1) is 0 Å². The first-order chi connectivity index (χ1) is 11.3. The molecule has 0 radical (unpaired) electrons. The number of ketones is 1. The summed E-state index contributed by atoms with van der Waals surface area (Å²) in [4.78, 5) is 16.7. The summed E-state index contributed by atoms with van der Waals surface area (Å²) < 4.78 is 6.87. The van der Waals surface area contributed by atoms with Crippen molar-refractivity contribution in [2.75, 3.05) is 0 Å². The number of hydrogen-bond acceptors (Lipinski definition) is 4. The lowest BCUT2D eigenvalue weighted by Crippen LogP contribution is -2.05. The molecule has 0 atom stereocenters. The fourth-order valence-electron chi connectivity index (χ4n) is 2.52. The van der Waals surface area contributed by atoms with Gasteiger partial charge in [0.1, 0.15) is 0 Å². The molecule has 5 nitrogen and oxygen atoms in total. The third-order valence-corrected chi connectivity index (χ3v) is 3.63. The predicted molar refractivity (Wildman–Crippen MR) is 85.2 cm³/mol. The summed E-state index contributed by atoms with van der Waals surface area (Å²) in [6, 6.07) is 16.8. The fourth-order valence-corrected chi connectivity index (χ4v) is 2.52. The minimum Gasteiger partial charge on any atom is -0.472 e. The van der Waals surface area contributed by atoms with Gasteiger partial charge in [-0.1, -0.05) is 36.4 Å². The van der Waals surface area contributed by atoms with Crippen LogP contribution < -0.4 is 0 Å². The number of nitrogens with zero attached hydrogens (tertiary/aromatic N) is 3. The number of rotatable bonds is 4. The average molecular weight is 303 g/mol. The van der Waals surface area contributed by atoms with E-state index in [0.29, 0.717) is 17.0 Å². The lowest BCUT2D eigenvalue weighted by atomic mass is 10.1. The molecule has 4 aromatic rings. The molecule has 4 rings (SSSR count). The number of carbonyl (C=O) groups excluding carboxylic acids is 1. The van der Waals surface area contributed by atoms with Crippen LogP contribution in [0.15, 0.2) is 71.5 Å². The molecule has 0 spiro atoms. The topological polar surface area (TPSA) is 60.4 Å². The number of pyridine rings is 1. The van der Waals surface area contributed by atoms with E-state index in [9.17, 15) is 4.79 Å². The third-order valence-electron chi connectivity index (χ3n) is 3.63. The number of benzene rings is 1. The van der Waals surface area contributed by atoms with Crippen LogP contribution in [0.25, 0.3) is 16.9 Å². The van der Waals surface area contributed by atoms with Crippen LogP contribution in [-0.4, -0.2) is 20.4 Å². The maximum absolute atomic E-state index is 12.3. The van der Waals surface area contributed by atoms with Crippen molar-refractivity contribution in [1.29, 1.82) is 0 Å². The summed E-state index contributed by atoms with van der Waals surface area (Å²) in [6.07, 6.45) is 3.45. The van der Waals surface area contributed by atoms with Gasteiger partial charge in [-0.25, -0.2) is 9.50 Å². The molecule has 0 unspecified atom stereocenters. The lowest BCUT2D eigenvalue weighted by Gasteiger charge is -1.99. The molecule has 0 N–H and O–H groups in total. The van der Waals surface area contributed by atoms with Crippen molar-refractivity contribution in [1.82, 2.24) is 14.6 Å². The van der Waals surface area contributed by atoms with E-state index < -0.39 is 0 Å². The molecule has 112 valence electrons. The van der Waals surface area contributed by atoms with Crippen molar-refractivity contribution < 1.29 is 9.21 Å². The van der Waals surface area contributed by atoms with Crippen LogP contribution in [0.1, 0.15) is 16.2 Å². The van der Waals surface area contributed by atoms with Crippen molar-refractivity contribution in [3.63, 3.8) is 0 Å². The van der Waals surface area contributed by atoms with Gasteiger partial charge in [0.2, 0.25) is 0 Å². The highest BCUT2D eigenvalue weighted by atomic mass is 16.3. The van der Waals surface area contributed by atoms with Gasteiger partial charge < -0.3 is 4.42 Å². The van der Waals surface area contributed by atoms with E-state index in [4.69, 9.17) is 4.42 Å². The van der Waals surface area contributed by atoms with E-state index in [0.717, 1.165) is 11.3 Å². The molecule has 5 heteroatoms.